The Morgan fingerprint density at radius 2 is 1.68 bits per heavy atom. The second-order valence-electron chi connectivity index (χ2n) is 7.16. The van der Waals surface area contributed by atoms with E-state index in [1.165, 1.54) is 24.9 Å². The highest BCUT2D eigenvalue weighted by atomic mass is 16.5. The van der Waals surface area contributed by atoms with Gasteiger partial charge in [-0.15, -0.1) is 0 Å². The van der Waals surface area contributed by atoms with Crippen LogP contribution in [-0.2, 0) is 0 Å². The minimum atomic E-state index is -0.0580. The minimum Gasteiger partial charge on any atom is -0.493 e. The van der Waals surface area contributed by atoms with Gasteiger partial charge in [0.15, 0.2) is 16.8 Å². The van der Waals surface area contributed by atoms with Crippen LogP contribution in [0.4, 0.5) is 5.69 Å². The number of methoxy groups -OCH3 is 2. The molecule has 0 spiro atoms. The number of benzene rings is 2. The van der Waals surface area contributed by atoms with Crippen LogP contribution in [0.3, 0.4) is 0 Å². The molecule has 0 N–H and O–H groups in total. The van der Waals surface area contributed by atoms with Crippen molar-refractivity contribution in [2.75, 3.05) is 32.2 Å². The monoisotopic (exact) mass is 377 g/mol. The molecule has 0 unspecified atom stereocenters. The van der Waals surface area contributed by atoms with Crippen molar-refractivity contribution in [1.82, 2.24) is 0 Å². The summed E-state index contributed by atoms with van der Waals surface area (Å²) in [5, 5.41) is 0.490. The maximum absolute atomic E-state index is 12.9. The van der Waals surface area contributed by atoms with Gasteiger partial charge in [-0.2, -0.15) is 0 Å². The van der Waals surface area contributed by atoms with E-state index in [-0.39, 0.29) is 5.43 Å². The van der Waals surface area contributed by atoms with Gasteiger partial charge in [0.25, 0.3) is 0 Å². The van der Waals surface area contributed by atoms with E-state index < -0.39 is 0 Å². The number of hydrogen-bond donors (Lipinski definition) is 0. The van der Waals surface area contributed by atoms with Crippen molar-refractivity contribution in [2.45, 2.75) is 19.3 Å². The van der Waals surface area contributed by atoms with Crippen molar-refractivity contribution in [3.63, 3.8) is 0 Å². The predicted octanol–water partition coefficient (Wildman–Crippen LogP) is 2.73. The summed E-state index contributed by atoms with van der Waals surface area (Å²) in [5.74, 6) is 1.53. The predicted molar refractivity (Wildman–Crippen MR) is 115 cm³/mol. The standard InChI is InChI=1S/C22H24BNO4/c1-26-17-11-10-16-19(25)18(23)20(28-21(16)22(17)27-2)14-6-8-15(9-7-14)24-12-4-3-5-13-24/h6-11H,3-5,12-13,23H2,1-2H3. The fraction of sp³-hybridized carbons (Fsp3) is 0.318. The fourth-order valence-electron chi connectivity index (χ4n) is 3.91. The lowest BCUT2D eigenvalue weighted by atomic mass is 9.90. The SMILES string of the molecule is Bc1c(-c2ccc(N3CCCCC3)cc2)oc2c(OC)c(OC)ccc2c1=O. The smallest absolute Gasteiger partial charge is 0.204 e. The summed E-state index contributed by atoms with van der Waals surface area (Å²) in [4.78, 5) is 15.3. The number of anilines is 1. The molecule has 0 amide bonds. The Bertz CT molecular complexity index is 1050. The van der Waals surface area contributed by atoms with Crippen molar-refractivity contribution in [2.24, 2.45) is 0 Å². The van der Waals surface area contributed by atoms with Crippen molar-refractivity contribution >= 4 is 30.0 Å². The van der Waals surface area contributed by atoms with E-state index >= 15 is 0 Å². The van der Waals surface area contributed by atoms with E-state index in [0.29, 0.717) is 33.7 Å². The highest BCUT2D eigenvalue weighted by Gasteiger charge is 2.19. The average molecular weight is 377 g/mol. The lowest BCUT2D eigenvalue weighted by Gasteiger charge is -2.28. The van der Waals surface area contributed by atoms with Crippen molar-refractivity contribution in [3.05, 3.63) is 46.6 Å². The van der Waals surface area contributed by atoms with E-state index in [0.717, 1.165) is 18.7 Å². The summed E-state index contributed by atoms with van der Waals surface area (Å²) in [6, 6.07) is 11.7. The Morgan fingerprint density at radius 3 is 2.32 bits per heavy atom. The van der Waals surface area contributed by atoms with Crippen LogP contribution in [0.1, 0.15) is 19.3 Å². The molecule has 1 aliphatic rings. The molecule has 1 fully saturated rings. The first-order valence-corrected chi connectivity index (χ1v) is 9.68. The van der Waals surface area contributed by atoms with Crippen LogP contribution in [-0.4, -0.2) is 35.2 Å². The zero-order valence-electron chi connectivity index (χ0n) is 16.6. The summed E-state index contributed by atoms with van der Waals surface area (Å²) in [6.07, 6.45) is 3.78. The highest BCUT2D eigenvalue weighted by molar-refractivity contribution is 6.36. The van der Waals surface area contributed by atoms with Crippen LogP contribution in [0.2, 0.25) is 0 Å². The number of piperidine rings is 1. The molecule has 5 nitrogen and oxygen atoms in total. The molecular weight excluding hydrogens is 353 g/mol. The lowest BCUT2D eigenvalue weighted by molar-refractivity contribution is 0.353. The Hall–Kier alpha value is -2.89. The highest BCUT2D eigenvalue weighted by Crippen LogP contribution is 2.35. The maximum Gasteiger partial charge on any atom is 0.204 e. The molecule has 28 heavy (non-hydrogen) atoms. The van der Waals surface area contributed by atoms with Gasteiger partial charge in [-0.1, -0.05) is 0 Å². The molecule has 1 aromatic heterocycles. The first-order chi connectivity index (χ1) is 13.6. The van der Waals surface area contributed by atoms with E-state index in [9.17, 15) is 4.79 Å². The van der Waals surface area contributed by atoms with E-state index in [1.54, 1.807) is 34.2 Å². The van der Waals surface area contributed by atoms with Gasteiger partial charge in [0.2, 0.25) is 5.75 Å². The zero-order valence-corrected chi connectivity index (χ0v) is 16.6. The van der Waals surface area contributed by atoms with Gasteiger partial charge >= 0.3 is 0 Å². The quantitative estimate of drug-likeness (QED) is 0.655. The second kappa shape index (κ2) is 7.62. The Labute approximate surface area is 165 Å². The molecule has 144 valence electrons. The van der Waals surface area contributed by atoms with E-state index in [1.807, 2.05) is 12.1 Å². The topological polar surface area (TPSA) is 51.9 Å². The number of ether oxygens (including phenoxy) is 2. The van der Waals surface area contributed by atoms with Crippen molar-refractivity contribution in [1.29, 1.82) is 0 Å². The molecule has 3 aromatic rings. The van der Waals surface area contributed by atoms with E-state index in [2.05, 4.69) is 17.0 Å². The molecule has 0 aliphatic carbocycles. The van der Waals surface area contributed by atoms with Gasteiger partial charge < -0.3 is 18.8 Å². The summed E-state index contributed by atoms with van der Waals surface area (Å²) in [5.41, 5.74) is 3.03. The van der Waals surface area contributed by atoms with Crippen molar-refractivity contribution < 1.29 is 13.9 Å². The lowest BCUT2D eigenvalue weighted by Crippen LogP contribution is -2.29. The van der Waals surface area contributed by atoms with Crippen LogP contribution in [0.5, 0.6) is 11.5 Å². The van der Waals surface area contributed by atoms with Gasteiger partial charge in [0.05, 0.1) is 19.6 Å². The minimum absolute atomic E-state index is 0.0580. The first kappa shape index (κ1) is 18.5. The van der Waals surface area contributed by atoms with Crippen LogP contribution >= 0.6 is 0 Å². The third-order valence-electron chi connectivity index (χ3n) is 5.48. The summed E-state index contributed by atoms with van der Waals surface area (Å²) in [6.45, 7) is 2.20. The van der Waals surface area contributed by atoms with E-state index in [4.69, 9.17) is 13.9 Å². The average Bonchev–Trinajstić information content (AvgIpc) is 2.76. The molecule has 1 aliphatic heterocycles. The number of nitrogens with zero attached hydrogens (tertiary/aromatic N) is 1. The number of hydrogen-bond acceptors (Lipinski definition) is 5. The van der Waals surface area contributed by atoms with Crippen LogP contribution in [0.15, 0.2) is 45.6 Å². The van der Waals surface area contributed by atoms with Crippen molar-refractivity contribution in [3.8, 4) is 22.8 Å². The van der Waals surface area contributed by atoms with Crippen LogP contribution in [0.25, 0.3) is 22.3 Å². The van der Waals surface area contributed by atoms with Crippen LogP contribution in [0, 0.1) is 0 Å². The van der Waals surface area contributed by atoms with Gasteiger partial charge in [-0.3, -0.25) is 4.79 Å². The fourth-order valence-corrected chi connectivity index (χ4v) is 3.91. The van der Waals surface area contributed by atoms with Crippen LogP contribution < -0.4 is 25.3 Å². The zero-order chi connectivity index (χ0) is 19.7. The van der Waals surface area contributed by atoms with Gasteiger partial charge in [0, 0.05) is 29.8 Å². The molecule has 0 radical (unpaired) electrons. The largest absolute Gasteiger partial charge is 0.493 e. The summed E-state index contributed by atoms with van der Waals surface area (Å²) in [7, 11) is 4.91. The summed E-state index contributed by atoms with van der Waals surface area (Å²) < 4.78 is 17.0. The molecule has 2 heterocycles. The molecule has 0 saturated carbocycles. The first-order valence-electron chi connectivity index (χ1n) is 9.68. The Morgan fingerprint density at radius 1 is 0.964 bits per heavy atom. The van der Waals surface area contributed by atoms with Gasteiger partial charge in [-0.05, 0) is 55.7 Å². The molecule has 1 saturated heterocycles. The molecule has 0 atom stereocenters. The number of rotatable bonds is 4. The van der Waals surface area contributed by atoms with Gasteiger partial charge in [-0.25, -0.2) is 0 Å². The normalized spacial score (nSPS) is 14.3. The molecule has 6 heteroatoms. The Kier molecular flexibility index (Phi) is 5.03. The third-order valence-corrected chi connectivity index (χ3v) is 5.48. The number of fused-ring (bicyclic) bond motifs is 1. The Balaban J connectivity index is 1.81. The maximum atomic E-state index is 12.9. The molecular formula is C22H24BNO4. The molecule has 2 aromatic carbocycles. The molecule has 4 rings (SSSR count). The summed E-state index contributed by atoms with van der Waals surface area (Å²) >= 11 is 0. The third kappa shape index (κ3) is 3.13. The second-order valence-corrected chi connectivity index (χ2v) is 7.16. The molecule has 0 bridgehead atoms. The van der Waals surface area contributed by atoms with Gasteiger partial charge in [0.1, 0.15) is 13.6 Å².